The molecule has 8 heteroatoms. The zero-order valence-corrected chi connectivity index (χ0v) is 11.1. The van der Waals surface area contributed by atoms with Crippen molar-refractivity contribution in [2.45, 2.75) is 6.54 Å². The van der Waals surface area contributed by atoms with Gasteiger partial charge in [0.15, 0.2) is 6.54 Å². The van der Waals surface area contributed by atoms with E-state index in [9.17, 15) is 0 Å². The van der Waals surface area contributed by atoms with Gasteiger partial charge in [-0.05, 0) is 6.07 Å². The number of hydrogen-bond donors (Lipinski definition) is 1. The molecule has 1 aliphatic rings. The van der Waals surface area contributed by atoms with Crippen LogP contribution in [0.3, 0.4) is 0 Å². The molecule has 8 nitrogen and oxygen atoms in total. The Morgan fingerprint density at radius 1 is 1.25 bits per heavy atom. The molecule has 1 fully saturated rings. The average Bonchev–Trinajstić information content (AvgIpc) is 2.92. The van der Waals surface area contributed by atoms with E-state index >= 15 is 0 Å². The number of nitrogens with one attached hydrogen (secondary N) is 1. The summed E-state index contributed by atoms with van der Waals surface area (Å²) in [6, 6.07) is 1.83. The third-order valence-electron chi connectivity index (χ3n) is 3.36. The van der Waals surface area contributed by atoms with Gasteiger partial charge < -0.3 is 9.42 Å². The highest BCUT2D eigenvalue weighted by Crippen LogP contribution is 2.08. The van der Waals surface area contributed by atoms with E-state index in [-0.39, 0.29) is 5.55 Å². The summed E-state index contributed by atoms with van der Waals surface area (Å²) in [5.74, 6) is 0.803. The first kappa shape index (κ1) is 12.8. The van der Waals surface area contributed by atoms with Crippen molar-refractivity contribution in [1.82, 2.24) is 20.1 Å². The molecule has 20 heavy (non-hydrogen) atoms. The van der Waals surface area contributed by atoms with Gasteiger partial charge in [-0.15, -0.1) is 0 Å². The normalized spacial score (nSPS) is 16.5. The van der Waals surface area contributed by atoms with E-state index in [1.54, 1.807) is 23.3 Å². The summed E-state index contributed by atoms with van der Waals surface area (Å²) in [6.45, 7) is 5.45. The smallest absolute Gasteiger partial charge is 0.264 e. The predicted molar refractivity (Wildman–Crippen MR) is 68.8 cm³/mol. The van der Waals surface area contributed by atoms with E-state index in [1.165, 1.54) is 0 Å². The van der Waals surface area contributed by atoms with Crippen LogP contribution in [0.1, 0.15) is 0 Å². The zero-order chi connectivity index (χ0) is 13.8. The molecule has 3 rings (SSSR count). The van der Waals surface area contributed by atoms with Crippen LogP contribution in [0, 0.1) is 5.41 Å². The molecule has 0 spiro atoms. The molecule has 0 aromatic carbocycles. The van der Waals surface area contributed by atoms with E-state index in [0.717, 1.165) is 45.2 Å². The molecule has 0 amide bonds. The van der Waals surface area contributed by atoms with E-state index in [4.69, 9.17) is 9.93 Å². The molecular weight excluding hydrogens is 258 g/mol. The van der Waals surface area contributed by atoms with Gasteiger partial charge in [0.1, 0.15) is 0 Å². The second kappa shape index (κ2) is 5.83. The molecule has 106 valence electrons. The summed E-state index contributed by atoms with van der Waals surface area (Å²) in [5.41, 5.74) is 0.0936. The molecule has 1 N–H and O–H groups in total. The Bertz CT molecular complexity index is 585. The van der Waals surface area contributed by atoms with Crippen LogP contribution < -0.4 is 20.4 Å². The Morgan fingerprint density at radius 2 is 2.00 bits per heavy atom. The van der Waals surface area contributed by atoms with Crippen molar-refractivity contribution in [2.24, 2.45) is 0 Å². The van der Waals surface area contributed by atoms with Gasteiger partial charge in [-0.25, -0.2) is 14.6 Å². The minimum absolute atomic E-state index is 0.0936. The number of anilines is 1. The average molecular weight is 275 g/mol. The highest BCUT2D eigenvalue weighted by molar-refractivity contribution is 5.29. The minimum atomic E-state index is 0.0936. The number of nitrogens with zero attached hydrogens (tertiary/aromatic N) is 6. The highest BCUT2D eigenvalue weighted by Gasteiger charge is 2.18. The minimum Gasteiger partial charge on any atom is -0.487 e. The van der Waals surface area contributed by atoms with Gasteiger partial charge in [0.25, 0.3) is 5.55 Å². The van der Waals surface area contributed by atoms with Crippen molar-refractivity contribution in [3.8, 4) is 0 Å². The van der Waals surface area contributed by atoms with Gasteiger partial charge in [-0.2, -0.15) is 0 Å². The van der Waals surface area contributed by atoms with Crippen molar-refractivity contribution >= 4 is 5.95 Å². The maximum absolute atomic E-state index is 7.28. The zero-order valence-electron chi connectivity index (χ0n) is 11.1. The van der Waals surface area contributed by atoms with E-state index < -0.39 is 0 Å². The molecule has 0 aliphatic carbocycles. The molecule has 0 atom stereocenters. The molecule has 1 saturated heterocycles. The first-order chi connectivity index (χ1) is 9.81. The SMILES string of the molecule is N=c1c[n+](CCN2CCN(c3ncccn3)CC2)[n-]o1. The molecule has 0 bridgehead atoms. The van der Waals surface area contributed by atoms with Crippen LogP contribution in [0.5, 0.6) is 0 Å². The lowest BCUT2D eigenvalue weighted by Gasteiger charge is -2.34. The van der Waals surface area contributed by atoms with Crippen molar-refractivity contribution in [3.63, 3.8) is 0 Å². The summed E-state index contributed by atoms with van der Waals surface area (Å²) in [6.07, 6.45) is 5.14. The largest absolute Gasteiger partial charge is 0.487 e. The number of rotatable bonds is 4. The fraction of sp³-hybridized carbons (Fsp3) is 0.500. The van der Waals surface area contributed by atoms with Crippen LogP contribution in [0.4, 0.5) is 5.95 Å². The van der Waals surface area contributed by atoms with Crippen LogP contribution >= 0.6 is 0 Å². The van der Waals surface area contributed by atoms with Crippen LogP contribution in [0.2, 0.25) is 0 Å². The van der Waals surface area contributed by atoms with Crippen LogP contribution in [0.25, 0.3) is 0 Å². The Hall–Kier alpha value is -2.22. The molecule has 3 heterocycles. The number of hydrogen-bond acceptors (Lipinski definition) is 6. The van der Waals surface area contributed by atoms with Gasteiger partial charge in [0.05, 0.1) is 6.54 Å². The topological polar surface area (TPSA) is 87.2 Å². The van der Waals surface area contributed by atoms with Crippen LogP contribution in [0.15, 0.2) is 29.2 Å². The summed E-state index contributed by atoms with van der Waals surface area (Å²) in [4.78, 5) is 13.1. The van der Waals surface area contributed by atoms with Crippen LogP contribution in [-0.4, -0.2) is 47.6 Å². The van der Waals surface area contributed by atoms with Crippen LogP contribution in [-0.2, 0) is 6.54 Å². The second-order valence-electron chi connectivity index (χ2n) is 4.71. The highest BCUT2D eigenvalue weighted by atomic mass is 16.5. The lowest BCUT2D eigenvalue weighted by Crippen LogP contribution is -2.50. The molecule has 0 saturated carbocycles. The molecule has 2 aromatic heterocycles. The maximum Gasteiger partial charge on any atom is 0.264 e. The number of aromatic nitrogens is 4. The molecule has 0 radical (unpaired) electrons. The molecule has 1 aliphatic heterocycles. The molecule has 0 unspecified atom stereocenters. The second-order valence-corrected chi connectivity index (χ2v) is 4.71. The predicted octanol–water partition coefficient (Wildman–Crippen LogP) is -1.38. The van der Waals surface area contributed by atoms with Gasteiger partial charge in [-0.1, -0.05) is 0 Å². The third kappa shape index (κ3) is 3.02. The molecule has 2 aromatic rings. The third-order valence-corrected chi connectivity index (χ3v) is 3.36. The fourth-order valence-electron chi connectivity index (χ4n) is 2.25. The summed E-state index contributed by atoms with van der Waals surface area (Å²) in [5, 5.41) is 11.0. The van der Waals surface area contributed by atoms with E-state index in [0.29, 0.717) is 0 Å². The fourth-order valence-corrected chi connectivity index (χ4v) is 2.25. The van der Waals surface area contributed by atoms with Gasteiger partial charge in [0.2, 0.25) is 12.1 Å². The van der Waals surface area contributed by atoms with Crippen molar-refractivity contribution < 1.29 is 9.20 Å². The first-order valence-corrected chi connectivity index (χ1v) is 6.63. The summed E-state index contributed by atoms with van der Waals surface area (Å²) >= 11 is 0. The van der Waals surface area contributed by atoms with E-state index in [1.807, 2.05) is 6.07 Å². The Kier molecular flexibility index (Phi) is 3.73. The summed E-state index contributed by atoms with van der Waals surface area (Å²) in [7, 11) is 0. The standard InChI is InChI=1S/C12H17N7O/c13-11-10-19(16-20-11)9-6-17-4-7-18(8-5-17)12-14-2-1-3-15-12/h1-3,10,13H,4-9H2. The Morgan fingerprint density at radius 3 is 2.65 bits per heavy atom. The molecular formula is C12H17N7O. The van der Waals surface area contributed by atoms with Crippen molar-refractivity contribution in [2.75, 3.05) is 37.6 Å². The van der Waals surface area contributed by atoms with Crippen molar-refractivity contribution in [1.29, 1.82) is 5.41 Å². The monoisotopic (exact) mass is 275 g/mol. The van der Waals surface area contributed by atoms with Gasteiger partial charge >= 0.3 is 0 Å². The lowest BCUT2D eigenvalue weighted by molar-refractivity contribution is -0.767. The lowest BCUT2D eigenvalue weighted by atomic mass is 10.3. The van der Waals surface area contributed by atoms with Gasteiger partial charge in [-0.3, -0.25) is 15.6 Å². The maximum atomic E-state index is 7.28. The number of piperazine rings is 1. The van der Waals surface area contributed by atoms with E-state index in [2.05, 4.69) is 25.0 Å². The van der Waals surface area contributed by atoms with Gasteiger partial charge in [0, 0.05) is 38.6 Å². The Balaban J connectivity index is 1.48. The Labute approximate surface area is 116 Å². The first-order valence-electron chi connectivity index (χ1n) is 6.63. The quantitative estimate of drug-likeness (QED) is 0.692. The van der Waals surface area contributed by atoms with Crippen molar-refractivity contribution in [3.05, 3.63) is 30.2 Å². The summed E-state index contributed by atoms with van der Waals surface area (Å²) < 4.78 is 6.38.